The van der Waals surface area contributed by atoms with Crippen LogP contribution in [-0.2, 0) is 9.22 Å². The lowest BCUT2D eigenvalue weighted by Crippen LogP contribution is -2.44. The van der Waals surface area contributed by atoms with E-state index in [1.54, 1.807) is 6.08 Å². The van der Waals surface area contributed by atoms with Gasteiger partial charge in [-0.05, 0) is 29.8 Å². The smallest absolute Gasteiger partial charge is 0.192 e. The van der Waals surface area contributed by atoms with E-state index in [1.807, 2.05) is 6.08 Å². The molecule has 3 heteroatoms. The molecule has 0 unspecified atom stereocenters. The molecule has 0 aromatic carbocycles. The summed E-state index contributed by atoms with van der Waals surface area (Å²) in [5, 5.41) is 0.198. The van der Waals surface area contributed by atoms with Crippen LogP contribution in [0, 0.1) is 0 Å². The summed E-state index contributed by atoms with van der Waals surface area (Å²) in [7, 11) is -1.75. The zero-order valence-corrected chi connectivity index (χ0v) is 12.0. The first-order chi connectivity index (χ1) is 7.13. The van der Waals surface area contributed by atoms with Gasteiger partial charge in [-0.1, -0.05) is 33.4 Å². The quantitative estimate of drug-likeness (QED) is 0.544. The van der Waals surface area contributed by atoms with Crippen LogP contribution >= 0.6 is 0 Å². The summed E-state index contributed by atoms with van der Waals surface area (Å²) in [6.45, 7) is 14.9. The van der Waals surface area contributed by atoms with Crippen molar-refractivity contribution in [2.75, 3.05) is 0 Å². The maximum Gasteiger partial charge on any atom is 0.192 e. The Kier molecular flexibility index (Phi) is 3.60. The number of carbonyl (C=O) groups is 1. The van der Waals surface area contributed by atoms with Gasteiger partial charge in [0, 0.05) is 6.42 Å². The van der Waals surface area contributed by atoms with E-state index in [9.17, 15) is 4.79 Å². The molecule has 0 heterocycles. The van der Waals surface area contributed by atoms with E-state index in [1.165, 1.54) is 0 Å². The van der Waals surface area contributed by atoms with E-state index in [0.29, 0.717) is 12.0 Å². The maximum atomic E-state index is 11.3. The number of rotatable bonds is 2. The Morgan fingerprint density at radius 2 is 2.00 bits per heavy atom. The highest BCUT2D eigenvalue weighted by molar-refractivity contribution is 6.74. The van der Waals surface area contributed by atoms with Crippen LogP contribution in [0.2, 0.25) is 18.1 Å². The highest BCUT2D eigenvalue weighted by Crippen LogP contribution is 2.38. The average Bonchev–Trinajstić information content (AvgIpc) is 2.09. The van der Waals surface area contributed by atoms with Gasteiger partial charge in [-0.3, -0.25) is 4.79 Å². The van der Waals surface area contributed by atoms with Gasteiger partial charge in [0.2, 0.25) is 0 Å². The molecule has 0 amide bonds. The van der Waals surface area contributed by atoms with Gasteiger partial charge in [0.05, 0.1) is 6.10 Å². The zero-order chi connectivity index (χ0) is 12.6. The molecule has 16 heavy (non-hydrogen) atoms. The average molecular weight is 238 g/mol. The summed E-state index contributed by atoms with van der Waals surface area (Å²) < 4.78 is 6.20. The topological polar surface area (TPSA) is 26.3 Å². The number of ketones is 1. The molecule has 0 fully saturated rings. The van der Waals surface area contributed by atoms with Gasteiger partial charge in [0.15, 0.2) is 14.1 Å². The Balaban J connectivity index is 2.73. The fourth-order valence-electron chi connectivity index (χ4n) is 1.36. The number of hydrogen-bond donors (Lipinski definition) is 0. The molecule has 0 aliphatic heterocycles. The van der Waals surface area contributed by atoms with Crippen LogP contribution < -0.4 is 0 Å². The summed E-state index contributed by atoms with van der Waals surface area (Å²) in [4.78, 5) is 11.3. The molecule has 0 bridgehead atoms. The third-order valence-electron chi connectivity index (χ3n) is 3.51. The van der Waals surface area contributed by atoms with Gasteiger partial charge >= 0.3 is 0 Å². The monoisotopic (exact) mass is 238 g/mol. The van der Waals surface area contributed by atoms with Gasteiger partial charge in [-0.15, -0.1) is 0 Å². The van der Waals surface area contributed by atoms with Crippen molar-refractivity contribution in [2.45, 2.75) is 51.4 Å². The molecule has 1 rings (SSSR count). The molecule has 0 saturated heterocycles. The van der Waals surface area contributed by atoms with Crippen molar-refractivity contribution < 1.29 is 9.22 Å². The fraction of sp³-hybridized carbons (Fsp3) is 0.615. The predicted molar refractivity (Wildman–Crippen MR) is 70.0 cm³/mol. The minimum Gasteiger partial charge on any atom is -0.410 e. The first-order valence-electron chi connectivity index (χ1n) is 5.71. The largest absolute Gasteiger partial charge is 0.410 e. The molecule has 0 saturated carbocycles. The van der Waals surface area contributed by atoms with Gasteiger partial charge in [0.25, 0.3) is 0 Å². The molecule has 0 aromatic heterocycles. The summed E-state index contributed by atoms with van der Waals surface area (Å²) in [6.07, 6.45) is 4.13. The second kappa shape index (κ2) is 4.30. The van der Waals surface area contributed by atoms with E-state index in [2.05, 4.69) is 40.4 Å². The van der Waals surface area contributed by atoms with E-state index >= 15 is 0 Å². The van der Waals surface area contributed by atoms with Gasteiger partial charge < -0.3 is 4.43 Å². The van der Waals surface area contributed by atoms with Gasteiger partial charge in [-0.25, -0.2) is 0 Å². The van der Waals surface area contributed by atoms with Crippen LogP contribution in [0.4, 0.5) is 0 Å². The van der Waals surface area contributed by atoms with Crippen molar-refractivity contribution in [3.63, 3.8) is 0 Å². The third kappa shape index (κ3) is 2.92. The number of hydrogen-bond acceptors (Lipinski definition) is 2. The van der Waals surface area contributed by atoms with E-state index in [4.69, 9.17) is 4.43 Å². The molecule has 0 aromatic rings. The second-order valence-corrected chi connectivity index (χ2v) is 10.7. The SMILES string of the molecule is C=C1C[C@@H](O[Si](C)(C)C(C)(C)C)C=CC1=O. The summed E-state index contributed by atoms with van der Waals surface area (Å²) >= 11 is 0. The van der Waals surface area contributed by atoms with Crippen LogP contribution in [0.15, 0.2) is 24.3 Å². The molecule has 2 nitrogen and oxygen atoms in total. The minimum atomic E-state index is -1.75. The van der Waals surface area contributed by atoms with Crippen molar-refractivity contribution in [1.29, 1.82) is 0 Å². The summed E-state index contributed by atoms with van der Waals surface area (Å²) in [5.74, 6) is 0.0371. The molecule has 1 aliphatic carbocycles. The Morgan fingerprint density at radius 1 is 1.44 bits per heavy atom. The van der Waals surface area contributed by atoms with Crippen LogP contribution in [0.3, 0.4) is 0 Å². The van der Waals surface area contributed by atoms with Crippen LogP contribution in [-0.4, -0.2) is 20.2 Å². The van der Waals surface area contributed by atoms with E-state index in [0.717, 1.165) is 0 Å². The first kappa shape index (κ1) is 13.4. The molecule has 0 radical (unpaired) electrons. The van der Waals surface area contributed by atoms with Crippen molar-refractivity contribution in [3.05, 3.63) is 24.3 Å². The number of allylic oxidation sites excluding steroid dienone is 1. The van der Waals surface area contributed by atoms with E-state index < -0.39 is 8.32 Å². The molecule has 0 spiro atoms. The second-order valence-electron chi connectivity index (χ2n) is 5.95. The third-order valence-corrected chi connectivity index (χ3v) is 8.01. The molecule has 90 valence electrons. The molecular formula is C13H22O2Si. The lowest BCUT2D eigenvalue weighted by atomic mass is 10.00. The lowest BCUT2D eigenvalue weighted by Gasteiger charge is -2.39. The molecule has 1 aliphatic rings. The normalized spacial score (nSPS) is 22.7. The lowest BCUT2D eigenvalue weighted by molar-refractivity contribution is -0.111. The summed E-state index contributed by atoms with van der Waals surface area (Å²) in [5.41, 5.74) is 0.659. The van der Waals surface area contributed by atoms with Crippen molar-refractivity contribution >= 4 is 14.1 Å². The Hall–Kier alpha value is -0.673. The maximum absolute atomic E-state index is 11.3. The summed E-state index contributed by atoms with van der Waals surface area (Å²) in [6, 6.07) is 0. The Labute approximate surface area is 99.5 Å². The first-order valence-corrected chi connectivity index (χ1v) is 8.62. The van der Waals surface area contributed by atoms with Gasteiger partial charge in [0.1, 0.15) is 0 Å². The Bertz CT molecular complexity index is 334. The van der Waals surface area contributed by atoms with Crippen molar-refractivity contribution in [1.82, 2.24) is 0 Å². The minimum absolute atomic E-state index is 0.0334. The van der Waals surface area contributed by atoms with Crippen LogP contribution in [0.5, 0.6) is 0 Å². The zero-order valence-electron chi connectivity index (χ0n) is 11.0. The van der Waals surface area contributed by atoms with Crippen molar-refractivity contribution in [3.8, 4) is 0 Å². The fourth-order valence-corrected chi connectivity index (χ4v) is 2.63. The predicted octanol–water partition coefficient (Wildman–Crippen LogP) is 3.46. The van der Waals surface area contributed by atoms with Crippen LogP contribution in [0.1, 0.15) is 27.2 Å². The standard InChI is InChI=1S/C13H22O2Si/c1-10-9-11(7-8-12(10)14)15-16(5,6)13(2,3)4/h7-8,11H,1,9H2,2-6H3/t11-/m0/s1. The van der Waals surface area contributed by atoms with Crippen LogP contribution in [0.25, 0.3) is 0 Å². The molecule has 0 N–H and O–H groups in total. The Morgan fingerprint density at radius 3 is 2.44 bits per heavy atom. The molecule has 1 atom stereocenters. The highest BCUT2D eigenvalue weighted by atomic mass is 28.4. The van der Waals surface area contributed by atoms with Crippen molar-refractivity contribution in [2.24, 2.45) is 0 Å². The number of carbonyl (C=O) groups excluding carboxylic acids is 1. The molecular weight excluding hydrogens is 216 g/mol. The van der Waals surface area contributed by atoms with E-state index in [-0.39, 0.29) is 16.9 Å². The highest BCUT2D eigenvalue weighted by Gasteiger charge is 2.39. The van der Waals surface area contributed by atoms with Gasteiger partial charge in [-0.2, -0.15) is 0 Å².